The van der Waals surface area contributed by atoms with Crippen LogP contribution in [-0.2, 0) is 0 Å². The lowest BCUT2D eigenvalue weighted by Gasteiger charge is -1.92. The van der Waals surface area contributed by atoms with Gasteiger partial charge in [0.05, 0.1) is 11.0 Å². The molecule has 0 unspecified atom stereocenters. The van der Waals surface area contributed by atoms with Crippen molar-refractivity contribution in [3.8, 4) is 10.6 Å². The van der Waals surface area contributed by atoms with Gasteiger partial charge in [-0.3, -0.25) is 4.98 Å². The second-order valence-electron chi connectivity index (χ2n) is 3.94. The van der Waals surface area contributed by atoms with E-state index in [0.717, 1.165) is 27.4 Å². The van der Waals surface area contributed by atoms with Crippen LogP contribution in [0.1, 0.15) is 0 Å². The summed E-state index contributed by atoms with van der Waals surface area (Å²) in [6.07, 6.45) is 3.58. The van der Waals surface area contributed by atoms with Gasteiger partial charge in [0.1, 0.15) is 5.01 Å². The molecule has 5 heteroatoms. The van der Waals surface area contributed by atoms with Crippen LogP contribution in [0, 0.1) is 0 Å². The monoisotopic (exact) mass is 252 g/mol. The summed E-state index contributed by atoms with van der Waals surface area (Å²) >= 11 is 1.59. The Hall–Kier alpha value is -2.27. The Morgan fingerprint density at radius 1 is 1.00 bits per heavy atom. The van der Waals surface area contributed by atoms with Gasteiger partial charge in [-0.2, -0.15) is 4.98 Å². The van der Waals surface area contributed by atoms with Crippen LogP contribution in [0.5, 0.6) is 0 Å². The Labute approximate surface area is 107 Å². The Balaban J connectivity index is 2.00. The number of rotatable bonds is 1. The van der Waals surface area contributed by atoms with Crippen LogP contribution in [-0.4, -0.2) is 18.7 Å². The van der Waals surface area contributed by atoms with Crippen molar-refractivity contribution in [3.05, 3.63) is 48.8 Å². The second-order valence-corrected chi connectivity index (χ2v) is 4.88. The molecule has 0 amide bonds. The molecule has 1 aromatic carbocycles. The molecule has 0 N–H and O–H groups in total. The van der Waals surface area contributed by atoms with E-state index in [4.69, 9.17) is 0 Å². The summed E-state index contributed by atoms with van der Waals surface area (Å²) in [4.78, 5) is 13.2. The lowest BCUT2D eigenvalue weighted by molar-refractivity contribution is 1.28. The summed E-state index contributed by atoms with van der Waals surface area (Å²) in [5.41, 5.74) is 3.10. The maximum Gasteiger partial charge on any atom is 0.246 e. The third-order valence-corrected chi connectivity index (χ3v) is 3.83. The molecule has 0 aliphatic rings. The second kappa shape index (κ2) is 3.61. The van der Waals surface area contributed by atoms with Gasteiger partial charge in [-0.1, -0.05) is 12.1 Å². The van der Waals surface area contributed by atoms with Crippen LogP contribution in [0.15, 0.2) is 48.8 Å². The largest absolute Gasteiger partial charge is 0.264 e. The van der Waals surface area contributed by atoms with Crippen molar-refractivity contribution in [1.82, 2.24) is 18.7 Å². The van der Waals surface area contributed by atoms with Gasteiger partial charge in [0.25, 0.3) is 0 Å². The van der Waals surface area contributed by atoms with Gasteiger partial charge in [-0.05, 0) is 35.8 Å². The molecular formula is C13H8N4S. The molecule has 0 saturated carbocycles. The predicted octanol–water partition coefficient (Wildman–Crippen LogP) is 3.01. The molecule has 0 bridgehead atoms. The standard InChI is InChI=1S/C13H8N4S/c1-2-6-11-10(5-1)15-13-16-12(18-17(11)13)9-4-3-7-14-8-9/h1-8H. The highest BCUT2D eigenvalue weighted by atomic mass is 32.1. The van der Waals surface area contributed by atoms with Crippen LogP contribution in [0.25, 0.3) is 27.4 Å². The molecule has 18 heavy (non-hydrogen) atoms. The first-order valence-corrected chi connectivity index (χ1v) is 6.34. The molecule has 0 spiro atoms. The SMILES string of the molecule is c1cncc(-c2nc3nc4ccccc4n3s2)c1. The number of imidazole rings is 1. The number of aromatic nitrogens is 4. The van der Waals surface area contributed by atoms with Gasteiger partial charge < -0.3 is 0 Å². The van der Waals surface area contributed by atoms with E-state index in [2.05, 4.69) is 24.8 Å². The van der Waals surface area contributed by atoms with E-state index in [-0.39, 0.29) is 0 Å². The predicted molar refractivity (Wildman–Crippen MR) is 71.6 cm³/mol. The first kappa shape index (κ1) is 9.73. The van der Waals surface area contributed by atoms with Crippen molar-refractivity contribution in [2.75, 3.05) is 0 Å². The number of benzene rings is 1. The van der Waals surface area contributed by atoms with Crippen molar-refractivity contribution in [3.63, 3.8) is 0 Å². The van der Waals surface area contributed by atoms with Crippen LogP contribution in [0.2, 0.25) is 0 Å². The first-order valence-electron chi connectivity index (χ1n) is 5.57. The lowest BCUT2D eigenvalue weighted by atomic mass is 10.3. The summed E-state index contributed by atoms with van der Waals surface area (Å²) in [5, 5.41) is 0.941. The Morgan fingerprint density at radius 3 is 2.83 bits per heavy atom. The Morgan fingerprint density at radius 2 is 1.94 bits per heavy atom. The third-order valence-electron chi connectivity index (χ3n) is 2.79. The minimum absolute atomic E-state index is 0.750. The molecule has 86 valence electrons. The zero-order chi connectivity index (χ0) is 11.9. The summed E-state index contributed by atoms with van der Waals surface area (Å²) < 4.78 is 2.05. The summed E-state index contributed by atoms with van der Waals surface area (Å²) in [7, 11) is 0. The maximum atomic E-state index is 4.55. The van der Waals surface area contributed by atoms with Gasteiger partial charge >= 0.3 is 0 Å². The molecule has 4 rings (SSSR count). The molecule has 3 heterocycles. The third kappa shape index (κ3) is 1.34. The van der Waals surface area contributed by atoms with Crippen molar-refractivity contribution in [2.24, 2.45) is 0 Å². The van der Waals surface area contributed by atoms with Gasteiger partial charge in [-0.15, -0.1) is 0 Å². The van der Waals surface area contributed by atoms with Gasteiger partial charge in [0.2, 0.25) is 5.78 Å². The topological polar surface area (TPSA) is 43.1 Å². The van der Waals surface area contributed by atoms with Crippen molar-refractivity contribution < 1.29 is 0 Å². The number of pyridine rings is 1. The molecule has 0 saturated heterocycles. The highest BCUT2D eigenvalue weighted by molar-refractivity contribution is 7.10. The van der Waals surface area contributed by atoms with Crippen molar-refractivity contribution in [1.29, 1.82) is 0 Å². The van der Waals surface area contributed by atoms with E-state index < -0.39 is 0 Å². The molecular weight excluding hydrogens is 244 g/mol. The number of hydrogen-bond acceptors (Lipinski definition) is 4. The number of para-hydroxylation sites is 2. The first-order chi connectivity index (χ1) is 8.92. The fourth-order valence-electron chi connectivity index (χ4n) is 1.96. The Bertz CT molecular complexity index is 832. The van der Waals surface area contributed by atoms with E-state index in [1.807, 2.05) is 36.5 Å². The van der Waals surface area contributed by atoms with E-state index >= 15 is 0 Å². The normalized spacial score (nSPS) is 11.3. The Kier molecular flexibility index (Phi) is 1.95. The van der Waals surface area contributed by atoms with Crippen LogP contribution in [0.4, 0.5) is 0 Å². The fourth-order valence-corrected chi connectivity index (χ4v) is 2.89. The lowest BCUT2D eigenvalue weighted by Crippen LogP contribution is -1.77. The number of fused-ring (bicyclic) bond motifs is 3. The van der Waals surface area contributed by atoms with Crippen LogP contribution < -0.4 is 0 Å². The van der Waals surface area contributed by atoms with Crippen LogP contribution in [0.3, 0.4) is 0 Å². The van der Waals surface area contributed by atoms with Gasteiger partial charge in [-0.25, -0.2) is 8.77 Å². The maximum absolute atomic E-state index is 4.55. The molecule has 3 aromatic heterocycles. The summed E-state index contributed by atoms with van der Waals surface area (Å²) in [6, 6.07) is 12.0. The van der Waals surface area contributed by atoms with E-state index in [9.17, 15) is 0 Å². The zero-order valence-electron chi connectivity index (χ0n) is 9.32. The van der Waals surface area contributed by atoms with Gasteiger partial charge in [0.15, 0.2) is 0 Å². The summed E-state index contributed by atoms with van der Waals surface area (Å²) in [5.74, 6) is 0.750. The molecule has 0 atom stereocenters. The number of nitrogens with zero attached hydrogens (tertiary/aromatic N) is 4. The van der Waals surface area contributed by atoms with Crippen molar-refractivity contribution >= 4 is 28.3 Å². The molecule has 0 fully saturated rings. The molecule has 4 aromatic rings. The van der Waals surface area contributed by atoms with E-state index in [0.29, 0.717) is 0 Å². The molecule has 0 aliphatic heterocycles. The molecule has 0 radical (unpaired) electrons. The minimum atomic E-state index is 0.750. The average molecular weight is 252 g/mol. The number of hydrogen-bond donors (Lipinski definition) is 0. The highest BCUT2D eigenvalue weighted by Gasteiger charge is 2.10. The van der Waals surface area contributed by atoms with Gasteiger partial charge in [0, 0.05) is 18.0 Å². The smallest absolute Gasteiger partial charge is 0.246 e. The summed E-state index contributed by atoms with van der Waals surface area (Å²) in [6.45, 7) is 0. The zero-order valence-corrected chi connectivity index (χ0v) is 10.1. The average Bonchev–Trinajstić information content (AvgIpc) is 2.97. The minimum Gasteiger partial charge on any atom is -0.264 e. The van der Waals surface area contributed by atoms with E-state index in [1.54, 1.807) is 17.7 Å². The van der Waals surface area contributed by atoms with E-state index in [1.165, 1.54) is 0 Å². The quantitative estimate of drug-likeness (QED) is 0.523. The fraction of sp³-hybridized carbons (Fsp3) is 0. The highest BCUT2D eigenvalue weighted by Crippen LogP contribution is 2.26. The van der Waals surface area contributed by atoms with Crippen molar-refractivity contribution in [2.45, 2.75) is 0 Å². The van der Waals surface area contributed by atoms with Crippen LogP contribution >= 0.6 is 11.5 Å². The molecule has 0 aliphatic carbocycles. The molecule has 4 nitrogen and oxygen atoms in total.